The summed E-state index contributed by atoms with van der Waals surface area (Å²) in [5.74, 6) is 0. The molecular weight excluding hydrogens is 296 g/mol. The Morgan fingerprint density at radius 2 is 1.71 bits per heavy atom. The van der Waals surface area contributed by atoms with E-state index in [0.717, 1.165) is 32.6 Å². The lowest BCUT2D eigenvalue weighted by Crippen LogP contribution is -2.84. The van der Waals surface area contributed by atoms with Gasteiger partial charge >= 0.3 is 20.5 Å². The number of nitrogens with zero attached hydrogens (tertiary/aromatic N) is 4. The Morgan fingerprint density at radius 1 is 1.06 bits per heavy atom. The van der Waals surface area contributed by atoms with Gasteiger partial charge in [-0.1, -0.05) is 0 Å². The molecule has 0 aromatic rings. The van der Waals surface area contributed by atoms with Gasteiger partial charge in [0.15, 0.2) is 0 Å². The second-order valence-corrected chi connectivity index (χ2v) is 11.4. The van der Waals surface area contributed by atoms with Gasteiger partial charge in [0.2, 0.25) is 0 Å². The van der Waals surface area contributed by atoms with E-state index >= 15 is 0 Å². The molecular formula is C7H15B2Cl3N4Si. The maximum atomic E-state index is 6.62. The van der Waals surface area contributed by atoms with Gasteiger partial charge in [0, 0.05) is 0 Å². The largest absolute Gasteiger partial charge is 0.405 e. The fraction of sp³-hybridized carbons (Fsp3) is 1.00. The van der Waals surface area contributed by atoms with Crippen molar-refractivity contribution in [2.24, 2.45) is 0 Å². The van der Waals surface area contributed by atoms with E-state index in [1.54, 1.807) is 0 Å². The SMILES string of the molecule is CN1B(Cl)N2CCCN3CCCN(B32)[Si]1(Cl)Cl. The smallest absolute Gasteiger partial charge is 0.327 e. The van der Waals surface area contributed by atoms with Crippen LogP contribution in [0, 0.1) is 0 Å². The monoisotopic (exact) mass is 310 g/mol. The summed E-state index contributed by atoms with van der Waals surface area (Å²) in [4.78, 5) is 2.46. The molecule has 0 aromatic heterocycles. The summed E-state index contributed by atoms with van der Waals surface area (Å²) in [6, 6.07) is 0. The van der Waals surface area contributed by atoms with Crippen LogP contribution in [0.15, 0.2) is 0 Å². The number of halogens is 3. The lowest BCUT2D eigenvalue weighted by atomic mass is 9.73. The summed E-state index contributed by atoms with van der Waals surface area (Å²) < 4.78 is 6.54. The molecule has 0 amide bonds. The van der Waals surface area contributed by atoms with E-state index in [1.807, 2.05) is 11.5 Å². The molecule has 0 bridgehead atoms. The third-order valence-electron chi connectivity index (χ3n) is 3.97. The highest BCUT2D eigenvalue weighted by Gasteiger charge is 2.61. The van der Waals surface area contributed by atoms with Crippen LogP contribution in [0.5, 0.6) is 0 Å². The van der Waals surface area contributed by atoms with Crippen LogP contribution in [-0.4, -0.2) is 72.2 Å². The van der Waals surface area contributed by atoms with Crippen LogP contribution in [0.3, 0.4) is 0 Å². The molecule has 3 saturated heterocycles. The Bertz CT molecular complexity index is 323. The molecule has 94 valence electrons. The third-order valence-corrected chi connectivity index (χ3v) is 9.82. The van der Waals surface area contributed by atoms with Crippen molar-refractivity contribution in [1.82, 2.24) is 18.5 Å². The first kappa shape index (κ1) is 13.1. The van der Waals surface area contributed by atoms with E-state index < -0.39 is 7.02 Å². The second-order valence-electron chi connectivity index (χ2n) is 4.95. The van der Waals surface area contributed by atoms with Crippen LogP contribution >= 0.6 is 33.6 Å². The van der Waals surface area contributed by atoms with Crippen LogP contribution in [0.4, 0.5) is 0 Å². The Morgan fingerprint density at radius 3 is 2.41 bits per heavy atom. The minimum atomic E-state index is -2.59. The van der Waals surface area contributed by atoms with Crippen molar-refractivity contribution in [3.8, 4) is 0 Å². The molecule has 17 heavy (non-hydrogen) atoms. The highest BCUT2D eigenvalue weighted by molar-refractivity contribution is 7.47. The summed E-state index contributed by atoms with van der Waals surface area (Å²) in [7, 11) is -0.431. The molecule has 10 heteroatoms. The molecule has 3 aliphatic heterocycles. The number of rotatable bonds is 0. The van der Waals surface area contributed by atoms with Crippen molar-refractivity contribution in [2.45, 2.75) is 12.8 Å². The number of hydrogen-bond acceptors (Lipinski definition) is 4. The van der Waals surface area contributed by atoms with Crippen LogP contribution in [0.1, 0.15) is 12.8 Å². The van der Waals surface area contributed by atoms with Gasteiger partial charge in [-0.2, -0.15) is 0 Å². The van der Waals surface area contributed by atoms with Crippen molar-refractivity contribution in [1.29, 1.82) is 0 Å². The van der Waals surface area contributed by atoms with E-state index in [-0.39, 0.29) is 13.5 Å². The van der Waals surface area contributed by atoms with Crippen LogP contribution < -0.4 is 0 Å². The van der Waals surface area contributed by atoms with Crippen molar-refractivity contribution in [3.63, 3.8) is 0 Å². The fourth-order valence-electron chi connectivity index (χ4n) is 3.10. The molecule has 0 N–H and O–H groups in total. The van der Waals surface area contributed by atoms with Gasteiger partial charge in [0.1, 0.15) is 0 Å². The van der Waals surface area contributed by atoms with Crippen LogP contribution in [0.25, 0.3) is 0 Å². The van der Waals surface area contributed by atoms with Gasteiger partial charge in [-0.15, -0.1) is 33.6 Å². The molecule has 3 heterocycles. The standard InChI is InChI=1S/C7H15B2Cl3N4Si/c1-13-8(10)15-6-2-4-14-5-3-7-16(9(14)15)17(13,11)12/h2-7H2,1H3. The summed E-state index contributed by atoms with van der Waals surface area (Å²) in [6.45, 7) is 4.26. The molecule has 0 saturated carbocycles. The Hall–Kier alpha value is 1.06. The lowest BCUT2D eigenvalue weighted by Gasteiger charge is -2.59. The first-order valence-corrected chi connectivity index (χ1v) is 10.4. The Balaban J connectivity index is 1.97. The predicted molar refractivity (Wildman–Crippen MR) is 76.8 cm³/mol. The molecule has 3 aliphatic rings. The molecule has 0 atom stereocenters. The minimum absolute atomic E-state index is 0.182. The Labute approximate surface area is 118 Å². The molecule has 3 rings (SSSR count). The highest BCUT2D eigenvalue weighted by Crippen LogP contribution is 2.37. The van der Waals surface area contributed by atoms with Gasteiger partial charge in [0.25, 0.3) is 0 Å². The van der Waals surface area contributed by atoms with E-state index in [4.69, 9.17) is 33.6 Å². The van der Waals surface area contributed by atoms with Gasteiger partial charge < -0.3 is 18.5 Å². The number of hydrogen-bond donors (Lipinski definition) is 0. The molecule has 4 nitrogen and oxygen atoms in total. The highest BCUT2D eigenvalue weighted by atomic mass is 35.7. The predicted octanol–water partition coefficient (Wildman–Crippen LogP) is 0.767. The summed E-state index contributed by atoms with van der Waals surface area (Å²) in [5, 5.41) is 0. The first-order chi connectivity index (χ1) is 8.03. The zero-order valence-corrected chi connectivity index (χ0v) is 13.1. The summed E-state index contributed by atoms with van der Waals surface area (Å²) in [5.41, 5.74) is 0. The van der Waals surface area contributed by atoms with E-state index in [1.165, 1.54) is 6.42 Å². The molecule has 0 unspecified atom stereocenters. The topological polar surface area (TPSA) is 13.0 Å². The average molecular weight is 311 g/mol. The van der Waals surface area contributed by atoms with Crippen molar-refractivity contribution < 1.29 is 0 Å². The van der Waals surface area contributed by atoms with Gasteiger partial charge in [-0.3, -0.25) is 0 Å². The van der Waals surface area contributed by atoms with Crippen molar-refractivity contribution in [3.05, 3.63) is 0 Å². The molecule has 0 aliphatic carbocycles. The average Bonchev–Trinajstić information content (AvgIpc) is 2.34. The lowest BCUT2D eigenvalue weighted by molar-refractivity contribution is 0.251. The summed E-state index contributed by atoms with van der Waals surface area (Å²) >= 11 is 19.7. The van der Waals surface area contributed by atoms with Gasteiger partial charge in [-0.25, -0.2) is 0 Å². The zero-order valence-electron chi connectivity index (χ0n) is 9.82. The van der Waals surface area contributed by atoms with E-state index in [0.29, 0.717) is 0 Å². The quantitative estimate of drug-likeness (QED) is 0.484. The fourth-order valence-corrected chi connectivity index (χ4v) is 7.44. The normalized spacial score (nSPS) is 31.8. The van der Waals surface area contributed by atoms with E-state index in [2.05, 4.69) is 14.0 Å². The molecule has 3 fully saturated rings. The van der Waals surface area contributed by atoms with Gasteiger partial charge in [-0.05, 0) is 46.1 Å². The second kappa shape index (κ2) is 4.56. The van der Waals surface area contributed by atoms with Crippen LogP contribution in [-0.2, 0) is 0 Å². The maximum absolute atomic E-state index is 6.62. The van der Waals surface area contributed by atoms with Crippen molar-refractivity contribution >= 4 is 54.2 Å². The molecule has 0 aromatic carbocycles. The molecule has 0 radical (unpaired) electrons. The third kappa shape index (κ3) is 1.90. The summed E-state index contributed by atoms with van der Waals surface area (Å²) in [6.07, 6.45) is 2.12. The Kier molecular flexibility index (Phi) is 3.50. The minimum Gasteiger partial charge on any atom is -0.327 e. The zero-order chi connectivity index (χ0) is 12.2. The van der Waals surface area contributed by atoms with Crippen LogP contribution in [0.2, 0.25) is 0 Å². The molecule has 0 spiro atoms. The maximum Gasteiger partial charge on any atom is 0.405 e. The van der Waals surface area contributed by atoms with Gasteiger partial charge in [0.05, 0.1) is 0 Å². The first-order valence-electron chi connectivity index (χ1n) is 6.05. The van der Waals surface area contributed by atoms with Crippen molar-refractivity contribution in [2.75, 3.05) is 33.2 Å². The van der Waals surface area contributed by atoms with E-state index in [9.17, 15) is 0 Å².